The van der Waals surface area contributed by atoms with Gasteiger partial charge in [0.25, 0.3) is 0 Å². The summed E-state index contributed by atoms with van der Waals surface area (Å²) in [6.07, 6.45) is -0.306. The highest BCUT2D eigenvalue weighted by molar-refractivity contribution is 14.0. The Hall–Kier alpha value is -1.91. The summed E-state index contributed by atoms with van der Waals surface area (Å²) in [6, 6.07) is 5.17. The van der Waals surface area contributed by atoms with Gasteiger partial charge in [0, 0.05) is 32.2 Å². The number of nitrogens with zero attached hydrogens (tertiary/aromatic N) is 2. The van der Waals surface area contributed by atoms with Gasteiger partial charge >= 0.3 is 6.09 Å². The van der Waals surface area contributed by atoms with Crippen LogP contribution in [0.15, 0.2) is 23.2 Å². The first-order valence-corrected chi connectivity index (χ1v) is 8.53. The van der Waals surface area contributed by atoms with E-state index in [9.17, 15) is 9.90 Å². The van der Waals surface area contributed by atoms with Gasteiger partial charge in [-0.15, -0.1) is 24.0 Å². The minimum atomic E-state index is -0.494. The number of hydrogen-bond acceptors (Lipinski definition) is 5. The summed E-state index contributed by atoms with van der Waals surface area (Å²) in [6.45, 7) is 7.05. The van der Waals surface area contributed by atoms with Gasteiger partial charge in [0.1, 0.15) is 17.1 Å². The van der Waals surface area contributed by atoms with Crippen LogP contribution in [0.5, 0.6) is 11.5 Å². The summed E-state index contributed by atoms with van der Waals surface area (Å²) in [5, 5.41) is 16.3. The molecule has 0 radical (unpaired) electrons. The second kappa shape index (κ2) is 9.86. The van der Waals surface area contributed by atoms with Gasteiger partial charge in [-0.1, -0.05) is 0 Å². The van der Waals surface area contributed by atoms with Crippen LogP contribution in [0.2, 0.25) is 0 Å². The molecule has 8 nitrogen and oxygen atoms in total. The van der Waals surface area contributed by atoms with Crippen molar-refractivity contribution in [2.75, 3.05) is 27.2 Å². The zero-order valence-electron chi connectivity index (χ0n) is 16.4. The van der Waals surface area contributed by atoms with Gasteiger partial charge in [0.05, 0.1) is 13.2 Å². The quantitative estimate of drug-likeness (QED) is 0.339. The van der Waals surface area contributed by atoms with Crippen LogP contribution in [0.25, 0.3) is 0 Å². The molecule has 1 fully saturated rings. The molecule has 0 atom stereocenters. The average molecular weight is 492 g/mol. The standard InChI is InChI=1S/C18H28N4O4.HI/c1-18(2,3)26-17(24)22-10-13(11-22)21-16(19-4)20-9-12-8-14(25-5)6-7-15(12)23;/h6-8,13,23H,9-11H2,1-5H3,(H2,19,20,21);1H. The minimum absolute atomic E-state index is 0. The molecule has 1 aliphatic heterocycles. The molecule has 1 aromatic rings. The third kappa shape index (κ3) is 6.96. The molecule has 1 heterocycles. The lowest BCUT2D eigenvalue weighted by atomic mass is 10.1. The van der Waals surface area contributed by atoms with Gasteiger partial charge in [0.15, 0.2) is 5.96 Å². The molecule has 9 heteroatoms. The number of phenolic OH excluding ortho intramolecular Hbond substituents is 1. The highest BCUT2D eigenvalue weighted by atomic mass is 127. The van der Waals surface area contributed by atoms with E-state index in [1.807, 2.05) is 20.8 Å². The molecule has 0 aliphatic carbocycles. The number of guanidine groups is 1. The van der Waals surface area contributed by atoms with E-state index in [2.05, 4.69) is 15.6 Å². The fourth-order valence-corrected chi connectivity index (χ4v) is 2.44. The molecule has 27 heavy (non-hydrogen) atoms. The number of aliphatic imine (C=N–C) groups is 1. The predicted octanol–water partition coefficient (Wildman–Crippen LogP) is 2.30. The Labute approximate surface area is 177 Å². The third-order valence-electron chi connectivity index (χ3n) is 3.83. The molecule has 1 aliphatic rings. The SMILES string of the molecule is CN=C(NCc1cc(OC)ccc1O)NC1CN(C(=O)OC(C)(C)C)C1.I. The predicted molar refractivity (Wildman–Crippen MR) is 115 cm³/mol. The van der Waals surface area contributed by atoms with Crippen LogP contribution in [-0.4, -0.2) is 60.9 Å². The Balaban J connectivity index is 0.00000364. The van der Waals surface area contributed by atoms with Gasteiger partial charge in [-0.3, -0.25) is 4.99 Å². The smallest absolute Gasteiger partial charge is 0.410 e. The lowest BCUT2D eigenvalue weighted by Crippen LogP contribution is -2.63. The molecule has 0 saturated carbocycles. The van der Waals surface area contributed by atoms with Crippen molar-refractivity contribution in [3.63, 3.8) is 0 Å². The molecule has 3 N–H and O–H groups in total. The van der Waals surface area contributed by atoms with E-state index in [-0.39, 0.29) is 41.9 Å². The van der Waals surface area contributed by atoms with E-state index >= 15 is 0 Å². The monoisotopic (exact) mass is 492 g/mol. The fourth-order valence-electron chi connectivity index (χ4n) is 2.44. The maximum absolute atomic E-state index is 11.9. The Bertz CT molecular complexity index is 670. The number of rotatable bonds is 4. The van der Waals surface area contributed by atoms with Crippen LogP contribution in [0.4, 0.5) is 4.79 Å². The summed E-state index contributed by atoms with van der Waals surface area (Å²) < 4.78 is 10.5. The van der Waals surface area contributed by atoms with E-state index in [4.69, 9.17) is 9.47 Å². The molecule has 1 saturated heterocycles. The first-order chi connectivity index (χ1) is 12.2. The van der Waals surface area contributed by atoms with Gasteiger partial charge in [-0.05, 0) is 39.0 Å². The summed E-state index contributed by atoms with van der Waals surface area (Å²) in [7, 11) is 3.25. The van der Waals surface area contributed by atoms with Crippen LogP contribution >= 0.6 is 24.0 Å². The average Bonchev–Trinajstić information content (AvgIpc) is 2.52. The number of hydrogen-bond donors (Lipinski definition) is 3. The number of carbonyl (C=O) groups excluding carboxylic acids is 1. The van der Waals surface area contributed by atoms with Crippen LogP contribution < -0.4 is 15.4 Å². The second-order valence-electron chi connectivity index (χ2n) is 7.15. The van der Waals surface area contributed by atoms with Gasteiger partial charge in [-0.25, -0.2) is 4.79 Å². The summed E-state index contributed by atoms with van der Waals surface area (Å²) in [5.41, 5.74) is 0.211. The van der Waals surface area contributed by atoms with Crippen molar-refractivity contribution in [1.82, 2.24) is 15.5 Å². The van der Waals surface area contributed by atoms with Crippen LogP contribution in [0.3, 0.4) is 0 Å². The number of amides is 1. The maximum Gasteiger partial charge on any atom is 0.410 e. The minimum Gasteiger partial charge on any atom is -0.508 e. The Morgan fingerprint density at radius 3 is 2.59 bits per heavy atom. The number of halogens is 1. The summed E-state index contributed by atoms with van der Waals surface area (Å²) in [4.78, 5) is 17.8. The number of aromatic hydroxyl groups is 1. The Morgan fingerprint density at radius 1 is 1.37 bits per heavy atom. The van der Waals surface area contributed by atoms with Gasteiger partial charge in [-0.2, -0.15) is 0 Å². The second-order valence-corrected chi connectivity index (χ2v) is 7.15. The Kier molecular flexibility index (Phi) is 8.45. The summed E-state index contributed by atoms with van der Waals surface area (Å²) >= 11 is 0. The lowest BCUT2D eigenvalue weighted by Gasteiger charge is -2.40. The van der Waals surface area contributed by atoms with Crippen molar-refractivity contribution < 1.29 is 19.4 Å². The van der Waals surface area contributed by atoms with Gasteiger partial charge in [0.2, 0.25) is 0 Å². The van der Waals surface area contributed by atoms with Crippen molar-refractivity contribution in [1.29, 1.82) is 0 Å². The Morgan fingerprint density at radius 2 is 2.04 bits per heavy atom. The lowest BCUT2D eigenvalue weighted by molar-refractivity contribution is 0.00701. The number of likely N-dealkylation sites (tertiary alicyclic amines) is 1. The molecule has 0 bridgehead atoms. The number of methoxy groups -OCH3 is 1. The van der Waals surface area contributed by atoms with E-state index in [0.29, 0.717) is 36.9 Å². The number of ether oxygens (including phenoxy) is 2. The molecule has 1 amide bonds. The molecule has 0 aromatic heterocycles. The topological polar surface area (TPSA) is 95.4 Å². The largest absolute Gasteiger partial charge is 0.508 e. The number of nitrogens with one attached hydrogen (secondary N) is 2. The zero-order chi connectivity index (χ0) is 19.3. The van der Waals surface area contributed by atoms with Crippen molar-refractivity contribution in [3.05, 3.63) is 23.8 Å². The van der Waals surface area contributed by atoms with Crippen molar-refractivity contribution in [3.8, 4) is 11.5 Å². The van der Waals surface area contributed by atoms with Crippen LogP contribution in [0, 0.1) is 0 Å². The molecule has 0 spiro atoms. The van der Waals surface area contributed by atoms with E-state index in [1.54, 1.807) is 37.3 Å². The van der Waals surface area contributed by atoms with Gasteiger partial charge < -0.3 is 30.1 Å². The van der Waals surface area contributed by atoms with Crippen LogP contribution in [-0.2, 0) is 11.3 Å². The molecule has 2 rings (SSSR count). The van der Waals surface area contributed by atoms with Crippen molar-refractivity contribution >= 4 is 36.0 Å². The highest BCUT2D eigenvalue weighted by Crippen LogP contribution is 2.22. The maximum atomic E-state index is 11.9. The van der Waals surface area contributed by atoms with Crippen LogP contribution in [0.1, 0.15) is 26.3 Å². The summed E-state index contributed by atoms with van der Waals surface area (Å²) in [5.74, 6) is 1.46. The normalized spacial score (nSPS) is 14.7. The molecule has 0 unspecified atom stereocenters. The third-order valence-corrected chi connectivity index (χ3v) is 3.83. The molecular formula is C18H29IN4O4. The number of phenols is 1. The molecule has 152 valence electrons. The van der Waals surface area contributed by atoms with E-state index in [0.717, 1.165) is 0 Å². The first-order valence-electron chi connectivity index (χ1n) is 8.53. The number of benzene rings is 1. The van der Waals surface area contributed by atoms with E-state index in [1.165, 1.54) is 0 Å². The highest BCUT2D eigenvalue weighted by Gasteiger charge is 2.34. The first kappa shape index (κ1) is 23.1. The van der Waals surface area contributed by atoms with E-state index < -0.39 is 5.60 Å². The molecular weight excluding hydrogens is 463 g/mol. The molecule has 1 aromatic carbocycles. The zero-order valence-corrected chi connectivity index (χ0v) is 18.7. The van der Waals surface area contributed by atoms with Crippen molar-refractivity contribution in [2.45, 2.75) is 39.0 Å². The fraction of sp³-hybridized carbons (Fsp3) is 0.556. The number of carbonyl (C=O) groups is 1. The van der Waals surface area contributed by atoms with Crippen molar-refractivity contribution in [2.24, 2.45) is 4.99 Å².